The number of unbranched alkanes of at least 4 members (excludes halogenated alkanes) is 9. The van der Waals surface area contributed by atoms with Crippen molar-refractivity contribution in [3.8, 4) is 11.5 Å². The maximum Gasteiger partial charge on any atom is 0.343 e. The molecule has 0 radical (unpaired) electrons. The van der Waals surface area contributed by atoms with E-state index in [2.05, 4.69) is 6.92 Å². The highest BCUT2D eigenvalue weighted by atomic mass is 35.5. The van der Waals surface area contributed by atoms with E-state index < -0.39 is 5.97 Å². The first-order valence-electron chi connectivity index (χ1n) is 14.0. The minimum atomic E-state index is -0.553. The Labute approximate surface area is 237 Å². The number of esters is 2. The first kappa shape index (κ1) is 30.2. The molecule has 3 rings (SSSR count). The van der Waals surface area contributed by atoms with Crippen molar-refractivity contribution in [3.05, 3.63) is 94.5 Å². The van der Waals surface area contributed by atoms with Crippen LogP contribution in [0.4, 0.5) is 0 Å². The molecule has 208 valence electrons. The van der Waals surface area contributed by atoms with Crippen LogP contribution >= 0.6 is 11.6 Å². The van der Waals surface area contributed by atoms with Gasteiger partial charge in [0.15, 0.2) is 0 Å². The van der Waals surface area contributed by atoms with Crippen molar-refractivity contribution >= 4 is 23.5 Å². The van der Waals surface area contributed by atoms with Gasteiger partial charge in [-0.15, -0.1) is 0 Å². The van der Waals surface area contributed by atoms with Crippen LogP contribution in [0.2, 0.25) is 5.02 Å². The lowest BCUT2D eigenvalue weighted by Crippen LogP contribution is -2.09. The van der Waals surface area contributed by atoms with Crippen molar-refractivity contribution in [2.75, 3.05) is 6.61 Å². The first-order valence-corrected chi connectivity index (χ1v) is 14.4. The molecular weight excluding hydrogens is 512 g/mol. The van der Waals surface area contributed by atoms with Crippen LogP contribution in [0.5, 0.6) is 11.5 Å². The Hall–Kier alpha value is -3.31. The summed E-state index contributed by atoms with van der Waals surface area (Å²) in [4.78, 5) is 24.9. The minimum Gasteiger partial charge on any atom is -0.487 e. The highest BCUT2D eigenvalue weighted by Gasteiger charge is 2.13. The summed E-state index contributed by atoms with van der Waals surface area (Å²) in [5.41, 5.74) is 1.74. The third-order valence-electron chi connectivity index (χ3n) is 6.44. The molecule has 6 heteroatoms. The Balaban J connectivity index is 1.35. The van der Waals surface area contributed by atoms with Crippen molar-refractivity contribution in [1.82, 2.24) is 0 Å². The Morgan fingerprint density at radius 2 is 1.31 bits per heavy atom. The molecular formula is C33H39ClO5. The minimum absolute atomic E-state index is 0.298. The smallest absolute Gasteiger partial charge is 0.343 e. The molecule has 39 heavy (non-hydrogen) atoms. The predicted octanol–water partition coefficient (Wildman–Crippen LogP) is 9.22. The molecule has 0 bridgehead atoms. The van der Waals surface area contributed by atoms with Gasteiger partial charge in [0.25, 0.3) is 0 Å². The number of halogens is 1. The Morgan fingerprint density at radius 1 is 0.692 bits per heavy atom. The van der Waals surface area contributed by atoms with Crippen LogP contribution < -0.4 is 9.47 Å². The second-order valence-corrected chi connectivity index (χ2v) is 10.1. The van der Waals surface area contributed by atoms with Crippen molar-refractivity contribution < 1.29 is 23.8 Å². The molecule has 5 nitrogen and oxygen atoms in total. The average molecular weight is 551 g/mol. The van der Waals surface area contributed by atoms with E-state index in [1.807, 2.05) is 30.3 Å². The van der Waals surface area contributed by atoms with Gasteiger partial charge in [-0.3, -0.25) is 0 Å². The fourth-order valence-corrected chi connectivity index (χ4v) is 4.38. The molecule has 0 spiro atoms. The summed E-state index contributed by atoms with van der Waals surface area (Å²) in [6, 6.07) is 20.9. The van der Waals surface area contributed by atoms with Gasteiger partial charge in [0.1, 0.15) is 18.1 Å². The van der Waals surface area contributed by atoms with Crippen LogP contribution in [0.25, 0.3) is 0 Å². The summed E-state index contributed by atoms with van der Waals surface area (Å²) in [6.07, 6.45) is 12.3. The Bertz CT molecular complexity index is 1140. The second-order valence-electron chi connectivity index (χ2n) is 9.65. The summed E-state index contributed by atoms with van der Waals surface area (Å²) < 4.78 is 16.6. The van der Waals surface area contributed by atoms with E-state index in [1.54, 1.807) is 36.4 Å². The molecule has 0 amide bonds. The maximum atomic E-state index is 12.6. The van der Waals surface area contributed by atoms with Gasteiger partial charge in [0.2, 0.25) is 0 Å². The highest BCUT2D eigenvalue weighted by molar-refractivity contribution is 6.32. The highest BCUT2D eigenvalue weighted by Crippen LogP contribution is 2.27. The molecule has 0 atom stereocenters. The molecule has 0 N–H and O–H groups in total. The Morgan fingerprint density at radius 3 is 1.95 bits per heavy atom. The zero-order valence-corrected chi connectivity index (χ0v) is 23.6. The summed E-state index contributed by atoms with van der Waals surface area (Å²) in [5.74, 6) is -0.117. The van der Waals surface area contributed by atoms with Gasteiger partial charge in [0.05, 0.1) is 22.8 Å². The van der Waals surface area contributed by atoms with Gasteiger partial charge in [-0.05, 0) is 54.4 Å². The third kappa shape index (κ3) is 11.1. The van der Waals surface area contributed by atoms with Crippen molar-refractivity contribution in [2.24, 2.45) is 0 Å². The van der Waals surface area contributed by atoms with Crippen LogP contribution in [0.15, 0.2) is 72.8 Å². The molecule has 0 heterocycles. The molecule has 0 saturated heterocycles. The maximum absolute atomic E-state index is 12.6. The number of ether oxygens (including phenoxy) is 3. The lowest BCUT2D eigenvalue weighted by molar-refractivity contribution is 0.0497. The van der Waals surface area contributed by atoms with Crippen molar-refractivity contribution in [3.63, 3.8) is 0 Å². The van der Waals surface area contributed by atoms with E-state index >= 15 is 0 Å². The number of carbonyl (C=O) groups is 2. The van der Waals surface area contributed by atoms with E-state index in [1.165, 1.54) is 57.4 Å². The predicted molar refractivity (Wildman–Crippen MR) is 156 cm³/mol. The third-order valence-corrected chi connectivity index (χ3v) is 6.73. The number of hydrogen-bond donors (Lipinski definition) is 0. The first-order chi connectivity index (χ1) is 19.1. The largest absolute Gasteiger partial charge is 0.487 e. The number of benzene rings is 3. The molecule has 0 fully saturated rings. The van der Waals surface area contributed by atoms with Crippen molar-refractivity contribution in [1.29, 1.82) is 0 Å². The normalized spacial score (nSPS) is 10.7. The number of carbonyl (C=O) groups excluding carboxylic acids is 2. The van der Waals surface area contributed by atoms with Gasteiger partial charge in [-0.25, -0.2) is 9.59 Å². The van der Waals surface area contributed by atoms with Crippen LogP contribution in [-0.4, -0.2) is 18.5 Å². The van der Waals surface area contributed by atoms with Gasteiger partial charge in [0, 0.05) is 0 Å². The molecule has 0 unspecified atom stereocenters. The molecule has 0 saturated carbocycles. The lowest BCUT2D eigenvalue weighted by atomic mass is 10.1. The van der Waals surface area contributed by atoms with E-state index in [4.69, 9.17) is 25.8 Å². The van der Waals surface area contributed by atoms with Crippen LogP contribution in [0, 0.1) is 0 Å². The summed E-state index contributed by atoms with van der Waals surface area (Å²) in [6.45, 7) is 3.03. The quantitative estimate of drug-likeness (QED) is 0.0951. The van der Waals surface area contributed by atoms with Crippen LogP contribution in [0.3, 0.4) is 0 Å². The van der Waals surface area contributed by atoms with Crippen molar-refractivity contribution in [2.45, 2.75) is 77.7 Å². The fourth-order valence-electron chi connectivity index (χ4n) is 4.14. The van der Waals surface area contributed by atoms with Gasteiger partial charge in [-0.1, -0.05) is 107 Å². The molecule has 0 aliphatic heterocycles. The average Bonchev–Trinajstić information content (AvgIpc) is 2.96. The van der Waals surface area contributed by atoms with E-state index in [9.17, 15) is 9.59 Å². The monoisotopic (exact) mass is 550 g/mol. The van der Waals surface area contributed by atoms with Gasteiger partial charge < -0.3 is 14.2 Å². The standard InChI is InChI=1S/C33H39ClO5/c1-2-3-4-5-6-7-8-9-10-14-23-37-32(35)27-17-20-29(21-18-27)39-33(36)28-19-22-31(30(34)24-28)38-25-26-15-12-11-13-16-26/h11-13,15-22,24H,2-10,14,23,25H2,1H3. The second kappa shape index (κ2) is 17.3. The molecule has 0 aliphatic carbocycles. The van der Waals surface area contributed by atoms with E-state index in [0.717, 1.165) is 18.4 Å². The molecule has 3 aromatic rings. The number of hydrogen-bond acceptors (Lipinski definition) is 5. The SMILES string of the molecule is CCCCCCCCCCCCOC(=O)c1ccc(OC(=O)c2ccc(OCc3ccccc3)c(Cl)c2)cc1. The van der Waals surface area contributed by atoms with Gasteiger partial charge >= 0.3 is 11.9 Å². The van der Waals surface area contributed by atoms with E-state index in [0.29, 0.717) is 40.9 Å². The summed E-state index contributed by atoms with van der Waals surface area (Å²) in [5, 5.41) is 0.320. The Kier molecular flexibility index (Phi) is 13.4. The molecule has 3 aromatic carbocycles. The molecule has 0 aliphatic rings. The number of rotatable bonds is 17. The van der Waals surface area contributed by atoms with E-state index in [-0.39, 0.29) is 5.97 Å². The summed E-state index contributed by atoms with van der Waals surface area (Å²) in [7, 11) is 0. The zero-order chi connectivity index (χ0) is 27.7. The fraction of sp³-hybridized carbons (Fsp3) is 0.394. The topological polar surface area (TPSA) is 61.8 Å². The zero-order valence-electron chi connectivity index (χ0n) is 22.8. The lowest BCUT2D eigenvalue weighted by Gasteiger charge is -2.10. The summed E-state index contributed by atoms with van der Waals surface area (Å²) >= 11 is 6.32. The van der Waals surface area contributed by atoms with Crippen LogP contribution in [-0.2, 0) is 11.3 Å². The van der Waals surface area contributed by atoms with Gasteiger partial charge in [-0.2, -0.15) is 0 Å². The molecule has 0 aromatic heterocycles. The van der Waals surface area contributed by atoms with Crippen LogP contribution in [0.1, 0.15) is 97.4 Å².